The van der Waals surface area contributed by atoms with E-state index in [0.29, 0.717) is 58.5 Å². The number of rotatable bonds is 20. The molecule has 4 N–H and O–H groups in total. The number of nitrogens with one attached hydrogen (secondary N) is 1. The van der Waals surface area contributed by atoms with E-state index in [9.17, 15) is 34.5 Å². The van der Waals surface area contributed by atoms with Crippen LogP contribution in [0.15, 0.2) is 0 Å². The molecule has 0 aromatic heterocycles. The smallest absolute Gasteiger partial charge is 0.302 e. The summed E-state index contributed by atoms with van der Waals surface area (Å²) in [5.74, 6) is -0.911. The number of hydrogen-bond acceptors (Lipinski definition) is 11. The summed E-state index contributed by atoms with van der Waals surface area (Å²) in [5.41, 5.74) is 0. The molecule has 0 aromatic carbocycles. The molecule has 13 heteroatoms. The number of carbonyl (C=O) groups is 4. The Labute approximate surface area is 267 Å². The van der Waals surface area contributed by atoms with Crippen molar-refractivity contribution < 1.29 is 44.0 Å². The molecule has 0 aliphatic heterocycles. The van der Waals surface area contributed by atoms with Gasteiger partial charge in [0.15, 0.2) is 0 Å². The molecule has 0 rings (SSSR count). The first-order chi connectivity index (χ1) is 19.6. The van der Waals surface area contributed by atoms with Crippen molar-refractivity contribution in [3.05, 3.63) is 0 Å². The third-order valence-corrected chi connectivity index (χ3v) is 6.36. The van der Waals surface area contributed by atoms with E-state index < -0.39 is 18.3 Å². The quantitative estimate of drug-likeness (QED) is 0.114. The molecule has 0 saturated carbocycles. The topological polar surface area (TPSA) is 169 Å². The lowest BCUT2D eigenvalue weighted by molar-refractivity contribution is -0.149. The summed E-state index contributed by atoms with van der Waals surface area (Å²) in [4.78, 5) is 50.1. The lowest BCUT2D eigenvalue weighted by atomic mass is 10.2. The third-order valence-electron chi connectivity index (χ3n) is 6.36. The number of esters is 2. The molecule has 0 aliphatic rings. The van der Waals surface area contributed by atoms with Gasteiger partial charge in [0.2, 0.25) is 11.8 Å². The molecule has 0 aliphatic carbocycles. The molecule has 13 nitrogen and oxygen atoms in total. The van der Waals surface area contributed by atoms with Gasteiger partial charge in [-0.25, -0.2) is 0 Å². The second kappa shape index (κ2) is 28.2. The highest BCUT2D eigenvalue weighted by Gasteiger charge is 2.22. The average molecular weight is 639 g/mol. The van der Waals surface area contributed by atoms with Crippen LogP contribution in [-0.4, -0.2) is 130 Å². The number of aliphatic hydroxyl groups excluding tert-OH is 3. The van der Waals surface area contributed by atoms with Crippen LogP contribution in [-0.2, 0) is 28.7 Å². The number of nitrogens with zero attached hydrogens (tertiary/aromatic N) is 3. The summed E-state index contributed by atoms with van der Waals surface area (Å²) in [5, 5.41) is 32.3. The van der Waals surface area contributed by atoms with Gasteiger partial charge >= 0.3 is 11.9 Å². The van der Waals surface area contributed by atoms with Gasteiger partial charge in [-0.2, -0.15) is 0 Å². The molecule has 2 amide bonds. The maximum Gasteiger partial charge on any atom is 0.302 e. The Bertz CT molecular complexity index is 772. The maximum atomic E-state index is 11.9. The van der Waals surface area contributed by atoms with Gasteiger partial charge in [-0.3, -0.25) is 29.4 Å². The van der Waals surface area contributed by atoms with Crippen molar-refractivity contribution in [1.82, 2.24) is 20.0 Å². The molecular formula is C31H66N4O9. The van der Waals surface area contributed by atoms with Crippen LogP contribution in [0.1, 0.15) is 103 Å². The minimum Gasteiger partial charge on any atom is -0.462 e. The fraction of sp³-hybridized carbons (Fsp3) is 0.871. The molecule has 0 fully saturated rings. The molecule has 0 heterocycles. The molecule has 5 atom stereocenters. The molecular weight excluding hydrogens is 572 g/mol. The Morgan fingerprint density at radius 2 is 1.09 bits per heavy atom. The van der Waals surface area contributed by atoms with Crippen LogP contribution >= 0.6 is 0 Å². The molecule has 0 bridgehead atoms. The first kappa shape index (κ1) is 48.6. The molecule has 44 heavy (non-hydrogen) atoms. The van der Waals surface area contributed by atoms with Gasteiger partial charge < -0.3 is 34.6 Å². The van der Waals surface area contributed by atoms with E-state index in [1.165, 1.54) is 32.6 Å². The van der Waals surface area contributed by atoms with Crippen molar-refractivity contribution >= 4 is 23.8 Å². The van der Waals surface area contributed by atoms with Crippen LogP contribution < -0.4 is 5.32 Å². The van der Waals surface area contributed by atoms with Gasteiger partial charge in [-0.1, -0.05) is 42.5 Å². The highest BCUT2D eigenvalue weighted by atomic mass is 16.5. The van der Waals surface area contributed by atoms with E-state index in [4.69, 9.17) is 9.47 Å². The number of amides is 2. The molecule has 5 unspecified atom stereocenters. The van der Waals surface area contributed by atoms with Crippen LogP contribution in [0.5, 0.6) is 0 Å². The van der Waals surface area contributed by atoms with E-state index in [0.717, 1.165) is 0 Å². The Hall–Kier alpha value is -2.32. The summed E-state index contributed by atoms with van der Waals surface area (Å²) in [6, 6.07) is 0. The lowest BCUT2D eigenvalue weighted by Crippen LogP contribution is -2.48. The summed E-state index contributed by atoms with van der Waals surface area (Å²) in [6.45, 7) is 17.4. The summed E-state index contributed by atoms with van der Waals surface area (Å²) in [7, 11) is 0. The van der Waals surface area contributed by atoms with Crippen LogP contribution in [0.2, 0.25) is 0 Å². The van der Waals surface area contributed by atoms with E-state index in [1.54, 1.807) is 11.8 Å². The number of hydrogen-bond donors (Lipinski definition) is 4. The van der Waals surface area contributed by atoms with Gasteiger partial charge in [0, 0.05) is 60.4 Å². The summed E-state index contributed by atoms with van der Waals surface area (Å²) >= 11 is 0. The van der Waals surface area contributed by atoms with Crippen molar-refractivity contribution in [2.45, 2.75) is 133 Å². The predicted octanol–water partition coefficient (Wildman–Crippen LogP) is 2.35. The highest BCUT2D eigenvalue weighted by molar-refractivity contribution is 5.73. The Morgan fingerprint density at radius 1 is 0.659 bits per heavy atom. The van der Waals surface area contributed by atoms with Crippen LogP contribution in [0.4, 0.5) is 0 Å². The van der Waals surface area contributed by atoms with E-state index in [1.807, 2.05) is 32.6 Å². The second-order valence-electron chi connectivity index (χ2n) is 10.5. The van der Waals surface area contributed by atoms with Gasteiger partial charge in [0.05, 0.1) is 31.6 Å². The number of carbonyl (C=O) groups excluding carboxylic acids is 4. The lowest BCUT2D eigenvalue weighted by Gasteiger charge is -2.34. The van der Waals surface area contributed by atoms with Crippen LogP contribution in [0.3, 0.4) is 0 Å². The molecule has 0 aromatic rings. The van der Waals surface area contributed by atoms with Gasteiger partial charge in [0.25, 0.3) is 0 Å². The molecule has 264 valence electrons. The molecule has 0 spiro atoms. The minimum atomic E-state index is -0.581. The minimum absolute atomic E-state index is 0. The highest BCUT2D eigenvalue weighted by Crippen LogP contribution is 2.08. The van der Waals surface area contributed by atoms with Gasteiger partial charge in [0.1, 0.15) is 12.2 Å². The van der Waals surface area contributed by atoms with Crippen LogP contribution in [0, 0.1) is 0 Å². The normalized spacial score (nSPS) is 13.8. The van der Waals surface area contributed by atoms with E-state index in [-0.39, 0.29) is 64.0 Å². The van der Waals surface area contributed by atoms with Crippen molar-refractivity contribution in [3.63, 3.8) is 0 Å². The Kier molecular flexibility index (Phi) is 31.1. The summed E-state index contributed by atoms with van der Waals surface area (Å²) < 4.78 is 10.2. The molecule has 0 saturated heterocycles. The summed E-state index contributed by atoms with van der Waals surface area (Å²) in [6.07, 6.45) is 0.256. The number of ether oxygens (including phenoxy) is 2. The first-order valence-corrected chi connectivity index (χ1v) is 14.9. The predicted molar refractivity (Wildman–Crippen MR) is 174 cm³/mol. The zero-order valence-corrected chi connectivity index (χ0v) is 27.3. The van der Waals surface area contributed by atoms with E-state index in [2.05, 4.69) is 5.32 Å². The van der Waals surface area contributed by atoms with E-state index >= 15 is 0 Å². The SMILES string of the molecule is C.C.CCC(O)CN(CC(CC)OC(C)=O)CN(CC(O)CC)C(C)=O.CCC(O)CN(CNCC(C)OC(C)=O)C(C)=O. The largest absolute Gasteiger partial charge is 0.462 e. The van der Waals surface area contributed by atoms with Crippen molar-refractivity contribution in [3.8, 4) is 0 Å². The van der Waals surface area contributed by atoms with Crippen LogP contribution in [0.25, 0.3) is 0 Å². The zero-order chi connectivity index (χ0) is 32.8. The van der Waals surface area contributed by atoms with Gasteiger partial charge in [-0.15, -0.1) is 0 Å². The third kappa shape index (κ3) is 26.1. The Morgan fingerprint density at radius 3 is 1.48 bits per heavy atom. The monoisotopic (exact) mass is 638 g/mol. The fourth-order valence-electron chi connectivity index (χ4n) is 3.72. The average Bonchev–Trinajstić information content (AvgIpc) is 2.90. The number of aliphatic hydroxyl groups is 3. The first-order valence-electron chi connectivity index (χ1n) is 14.9. The van der Waals surface area contributed by atoms with Crippen molar-refractivity contribution in [2.75, 3.05) is 46.1 Å². The zero-order valence-electron chi connectivity index (χ0n) is 27.3. The second-order valence-corrected chi connectivity index (χ2v) is 10.5. The van der Waals surface area contributed by atoms with Crippen molar-refractivity contribution in [1.29, 1.82) is 0 Å². The standard InChI is InChI=1S/C17H34N2O5.C12H24N2O4.2CH4/c1-6-15(22)9-18(11-17(8-3)24-14(5)21)12-19(13(4)20)10-16(23)7-2;1-5-12(17)7-14(10(3)15)8-13-6-9(2)18-11(4)16;;/h15-17,22-23H,6-12H2,1-5H3;9,12-13,17H,5-8H2,1-4H3;2*1H4. The van der Waals surface area contributed by atoms with Crippen molar-refractivity contribution in [2.24, 2.45) is 0 Å². The van der Waals surface area contributed by atoms with Gasteiger partial charge in [-0.05, 0) is 32.6 Å². The maximum absolute atomic E-state index is 11.9. The fourth-order valence-corrected chi connectivity index (χ4v) is 3.72. The molecule has 0 radical (unpaired) electrons. The Balaban J connectivity index is -0.000000361.